The molecule has 7 heteroatoms. The molecule has 188 valence electrons. The van der Waals surface area contributed by atoms with E-state index in [1.54, 1.807) is 18.2 Å². The van der Waals surface area contributed by atoms with Gasteiger partial charge in [-0.25, -0.2) is 0 Å². The number of Topliss-reactive ketones (excluding diaryl/α,β-unsaturated/α-hetero) is 1. The van der Waals surface area contributed by atoms with Crippen molar-refractivity contribution in [3.8, 4) is 11.5 Å². The molecule has 0 aromatic heterocycles. The minimum absolute atomic E-state index is 0.0477. The Morgan fingerprint density at radius 2 is 1.77 bits per heavy atom. The van der Waals surface area contributed by atoms with Gasteiger partial charge in [0.25, 0.3) is 11.7 Å². The number of amides is 1. The van der Waals surface area contributed by atoms with Crippen LogP contribution in [0, 0.1) is 6.92 Å². The van der Waals surface area contributed by atoms with Crippen LogP contribution in [0.5, 0.6) is 11.5 Å². The average molecular weight is 482 g/mol. The van der Waals surface area contributed by atoms with Crippen LogP contribution in [0.4, 0.5) is 0 Å². The van der Waals surface area contributed by atoms with Crippen molar-refractivity contribution in [3.63, 3.8) is 0 Å². The third-order valence-electron chi connectivity index (χ3n) is 6.24. The summed E-state index contributed by atoms with van der Waals surface area (Å²) in [7, 11) is 3.07. The third kappa shape index (κ3) is 5.20. The summed E-state index contributed by atoms with van der Waals surface area (Å²) in [5.74, 6) is -0.554. The summed E-state index contributed by atoms with van der Waals surface area (Å²) in [5, 5.41) is 11.5. The number of carbonyl (C=O) groups excluding carboxylic acids is 2. The summed E-state index contributed by atoms with van der Waals surface area (Å²) < 4.78 is 16.3. The van der Waals surface area contributed by atoms with E-state index >= 15 is 0 Å². The molecule has 1 amide bonds. The van der Waals surface area contributed by atoms with Crippen molar-refractivity contribution < 1.29 is 28.9 Å². The van der Waals surface area contributed by atoms with E-state index in [1.807, 2.05) is 32.0 Å². The maximum atomic E-state index is 13.3. The molecule has 1 atom stereocenters. The van der Waals surface area contributed by atoms with Gasteiger partial charge in [0.05, 0.1) is 31.9 Å². The number of methoxy groups -OCH3 is 2. The SMILES string of the molecule is CCOc1ccc(C2/C(=C(\O)c3cc(C(C)(C)C)ccc3C)C(=O)C(=O)N2CCOC)cc1OC. The number of carbonyl (C=O) groups is 2. The molecule has 0 radical (unpaired) electrons. The van der Waals surface area contributed by atoms with Crippen molar-refractivity contribution in [1.82, 2.24) is 4.90 Å². The van der Waals surface area contributed by atoms with E-state index < -0.39 is 17.7 Å². The summed E-state index contributed by atoms with van der Waals surface area (Å²) in [6.07, 6.45) is 0. The summed E-state index contributed by atoms with van der Waals surface area (Å²) in [6.45, 7) is 10.9. The van der Waals surface area contributed by atoms with Crippen LogP contribution in [0.15, 0.2) is 42.0 Å². The van der Waals surface area contributed by atoms with Gasteiger partial charge >= 0.3 is 0 Å². The minimum Gasteiger partial charge on any atom is -0.507 e. The number of likely N-dealkylation sites (tertiary alicyclic amines) is 1. The van der Waals surface area contributed by atoms with Gasteiger partial charge in [0.1, 0.15) is 5.76 Å². The lowest BCUT2D eigenvalue weighted by atomic mass is 9.84. The fourth-order valence-corrected chi connectivity index (χ4v) is 4.26. The Balaban J connectivity index is 2.25. The van der Waals surface area contributed by atoms with Crippen LogP contribution < -0.4 is 9.47 Å². The molecule has 1 saturated heterocycles. The maximum absolute atomic E-state index is 13.3. The van der Waals surface area contributed by atoms with E-state index in [4.69, 9.17) is 14.2 Å². The Morgan fingerprint density at radius 1 is 1.06 bits per heavy atom. The summed E-state index contributed by atoms with van der Waals surface area (Å²) in [4.78, 5) is 27.8. The second-order valence-electron chi connectivity index (χ2n) is 9.61. The van der Waals surface area contributed by atoms with Crippen molar-refractivity contribution in [3.05, 3.63) is 64.2 Å². The molecule has 1 aliphatic heterocycles. The molecule has 0 saturated carbocycles. The van der Waals surface area contributed by atoms with E-state index in [1.165, 1.54) is 19.1 Å². The number of aliphatic hydroxyl groups is 1. The fourth-order valence-electron chi connectivity index (χ4n) is 4.26. The number of aliphatic hydroxyl groups excluding tert-OH is 1. The first-order valence-corrected chi connectivity index (χ1v) is 11.7. The molecule has 1 heterocycles. The third-order valence-corrected chi connectivity index (χ3v) is 6.24. The van der Waals surface area contributed by atoms with Crippen molar-refractivity contribution in [1.29, 1.82) is 0 Å². The highest BCUT2D eigenvalue weighted by molar-refractivity contribution is 6.46. The smallest absolute Gasteiger partial charge is 0.295 e. The largest absolute Gasteiger partial charge is 0.507 e. The maximum Gasteiger partial charge on any atom is 0.295 e. The lowest BCUT2D eigenvalue weighted by Crippen LogP contribution is -2.32. The second kappa shape index (κ2) is 10.5. The Hall–Kier alpha value is -3.32. The molecular weight excluding hydrogens is 446 g/mol. The van der Waals surface area contributed by atoms with Crippen molar-refractivity contribution in [2.45, 2.75) is 46.1 Å². The molecule has 1 N–H and O–H groups in total. The van der Waals surface area contributed by atoms with Crippen LogP contribution in [0.25, 0.3) is 5.76 Å². The predicted octanol–water partition coefficient (Wildman–Crippen LogP) is 4.77. The summed E-state index contributed by atoms with van der Waals surface area (Å²) >= 11 is 0. The normalized spacial score (nSPS) is 17.7. The van der Waals surface area contributed by atoms with Gasteiger partial charge in [-0.15, -0.1) is 0 Å². The molecule has 2 aromatic carbocycles. The first kappa shape index (κ1) is 26.3. The number of benzene rings is 2. The molecular formula is C28H35NO6. The number of hydrogen-bond donors (Lipinski definition) is 1. The van der Waals surface area contributed by atoms with Gasteiger partial charge in [-0.05, 0) is 54.2 Å². The zero-order valence-electron chi connectivity index (χ0n) is 21.6. The van der Waals surface area contributed by atoms with E-state index in [-0.39, 0.29) is 29.9 Å². The van der Waals surface area contributed by atoms with Gasteiger partial charge in [-0.1, -0.05) is 39.0 Å². The zero-order chi connectivity index (χ0) is 25.9. The summed E-state index contributed by atoms with van der Waals surface area (Å²) in [6, 6.07) is 10.3. The van der Waals surface area contributed by atoms with E-state index in [2.05, 4.69) is 20.8 Å². The molecule has 7 nitrogen and oxygen atoms in total. The molecule has 0 bridgehead atoms. The lowest BCUT2D eigenvalue weighted by molar-refractivity contribution is -0.140. The van der Waals surface area contributed by atoms with Gasteiger partial charge in [-0.2, -0.15) is 0 Å². The van der Waals surface area contributed by atoms with Crippen LogP contribution >= 0.6 is 0 Å². The molecule has 35 heavy (non-hydrogen) atoms. The van der Waals surface area contributed by atoms with Gasteiger partial charge in [0.2, 0.25) is 0 Å². The molecule has 1 unspecified atom stereocenters. The molecule has 2 aromatic rings. The van der Waals surface area contributed by atoms with Gasteiger partial charge in [0, 0.05) is 19.2 Å². The van der Waals surface area contributed by atoms with Crippen LogP contribution in [0.2, 0.25) is 0 Å². The van der Waals surface area contributed by atoms with Crippen molar-refractivity contribution >= 4 is 17.4 Å². The van der Waals surface area contributed by atoms with Gasteiger partial charge in [0.15, 0.2) is 11.5 Å². The average Bonchev–Trinajstić information content (AvgIpc) is 3.07. The first-order chi connectivity index (χ1) is 16.5. The Labute approximate surface area is 207 Å². The van der Waals surface area contributed by atoms with E-state index in [9.17, 15) is 14.7 Å². The van der Waals surface area contributed by atoms with Gasteiger partial charge < -0.3 is 24.2 Å². The van der Waals surface area contributed by atoms with Gasteiger partial charge in [-0.3, -0.25) is 9.59 Å². The van der Waals surface area contributed by atoms with Crippen LogP contribution in [0.3, 0.4) is 0 Å². The first-order valence-electron chi connectivity index (χ1n) is 11.7. The Bertz CT molecular complexity index is 1140. The highest BCUT2D eigenvalue weighted by Crippen LogP contribution is 2.42. The number of nitrogens with zero attached hydrogens (tertiary/aromatic N) is 1. The molecule has 1 fully saturated rings. The monoisotopic (exact) mass is 481 g/mol. The number of rotatable bonds is 8. The lowest BCUT2D eigenvalue weighted by Gasteiger charge is -2.26. The topological polar surface area (TPSA) is 85.3 Å². The van der Waals surface area contributed by atoms with Crippen LogP contribution in [-0.2, 0) is 19.7 Å². The second-order valence-corrected chi connectivity index (χ2v) is 9.61. The summed E-state index contributed by atoms with van der Waals surface area (Å²) in [5.41, 5.74) is 2.87. The molecule has 3 rings (SSSR count). The standard InChI is InChI=1S/C28H35NO6/c1-8-35-21-12-10-18(15-22(21)34-7)24-23(26(31)27(32)29(24)13-14-33-6)25(30)20-16-19(28(3,4)5)11-9-17(20)2/h9-12,15-16,24,30H,8,13-14H2,1-7H3/b25-23+. The highest BCUT2D eigenvalue weighted by Gasteiger charge is 2.46. The quantitative estimate of drug-likeness (QED) is 0.332. The van der Waals surface area contributed by atoms with Crippen LogP contribution in [-0.4, -0.2) is 55.7 Å². The highest BCUT2D eigenvalue weighted by atomic mass is 16.5. The Morgan fingerprint density at radius 3 is 2.37 bits per heavy atom. The molecule has 0 spiro atoms. The number of aryl methyl sites for hydroxylation is 1. The number of hydrogen-bond acceptors (Lipinski definition) is 6. The number of ketones is 1. The minimum atomic E-state index is -0.799. The predicted molar refractivity (Wildman–Crippen MR) is 135 cm³/mol. The molecule has 1 aliphatic rings. The Kier molecular flexibility index (Phi) is 7.90. The zero-order valence-corrected chi connectivity index (χ0v) is 21.6. The van der Waals surface area contributed by atoms with Crippen molar-refractivity contribution in [2.24, 2.45) is 0 Å². The van der Waals surface area contributed by atoms with Crippen LogP contribution in [0.1, 0.15) is 56.0 Å². The van der Waals surface area contributed by atoms with E-state index in [0.29, 0.717) is 29.2 Å². The fraction of sp³-hybridized carbons (Fsp3) is 0.429. The number of ether oxygens (including phenoxy) is 3. The molecule has 0 aliphatic carbocycles. The van der Waals surface area contributed by atoms with Crippen molar-refractivity contribution in [2.75, 3.05) is 34.0 Å². The van der Waals surface area contributed by atoms with E-state index in [0.717, 1.165) is 11.1 Å².